The summed E-state index contributed by atoms with van der Waals surface area (Å²) in [5.74, 6) is -0.513. The predicted octanol–water partition coefficient (Wildman–Crippen LogP) is 5.22. The van der Waals surface area contributed by atoms with Crippen molar-refractivity contribution in [1.29, 1.82) is 0 Å². The molecule has 1 amide bonds. The zero-order chi connectivity index (χ0) is 18.6. The Kier molecular flexibility index (Phi) is 7.42. The van der Waals surface area contributed by atoms with Crippen LogP contribution in [-0.4, -0.2) is 21.0 Å². The molecular formula is C14H10Br2Cl3N3O2S. The lowest BCUT2D eigenvalue weighted by molar-refractivity contribution is 0.0905. The van der Waals surface area contributed by atoms with Crippen molar-refractivity contribution >= 4 is 95.6 Å². The molecule has 11 heteroatoms. The highest BCUT2D eigenvalue weighted by molar-refractivity contribution is 9.10. The molecule has 25 heavy (non-hydrogen) atoms. The third-order valence-electron chi connectivity index (χ3n) is 2.78. The van der Waals surface area contributed by atoms with Crippen molar-refractivity contribution in [2.45, 2.75) is 9.96 Å². The van der Waals surface area contributed by atoms with Gasteiger partial charge in [-0.15, -0.1) is 0 Å². The van der Waals surface area contributed by atoms with Gasteiger partial charge >= 0.3 is 0 Å². The van der Waals surface area contributed by atoms with E-state index in [4.69, 9.17) is 51.4 Å². The Balaban J connectivity index is 2.03. The summed E-state index contributed by atoms with van der Waals surface area (Å²) in [6.45, 7) is 0. The van der Waals surface area contributed by atoms with E-state index in [1.54, 1.807) is 18.2 Å². The van der Waals surface area contributed by atoms with Gasteiger partial charge in [0.2, 0.25) is 3.79 Å². The summed E-state index contributed by atoms with van der Waals surface area (Å²) in [5.41, 5.74) is 0.727. The van der Waals surface area contributed by atoms with Crippen molar-refractivity contribution in [1.82, 2.24) is 10.6 Å². The van der Waals surface area contributed by atoms with Gasteiger partial charge in [0.1, 0.15) is 6.17 Å². The van der Waals surface area contributed by atoms with E-state index >= 15 is 0 Å². The molecule has 0 aliphatic carbocycles. The minimum absolute atomic E-state index is 0.0553. The van der Waals surface area contributed by atoms with Gasteiger partial charge in [0.05, 0.1) is 0 Å². The number of benzene rings is 1. The highest BCUT2D eigenvalue weighted by atomic mass is 79.9. The first-order valence-electron chi connectivity index (χ1n) is 6.61. The topological polar surface area (TPSA) is 66.3 Å². The number of thiocarbonyl (C=S) groups is 1. The van der Waals surface area contributed by atoms with E-state index < -0.39 is 15.9 Å². The second-order valence-corrected chi connectivity index (χ2v) is 9.13. The number of amides is 1. The fraction of sp³-hybridized carbons (Fsp3) is 0.143. The van der Waals surface area contributed by atoms with Crippen molar-refractivity contribution in [2.24, 2.45) is 0 Å². The molecule has 0 radical (unpaired) electrons. The molecule has 3 N–H and O–H groups in total. The first kappa shape index (κ1) is 20.8. The minimum atomic E-state index is -1.86. The number of furan rings is 1. The lowest BCUT2D eigenvalue weighted by Crippen LogP contribution is -2.56. The second kappa shape index (κ2) is 8.92. The zero-order valence-electron chi connectivity index (χ0n) is 12.2. The van der Waals surface area contributed by atoms with Crippen LogP contribution in [0.5, 0.6) is 0 Å². The van der Waals surface area contributed by atoms with E-state index in [1.807, 2.05) is 12.1 Å². The second-order valence-electron chi connectivity index (χ2n) is 4.66. The predicted molar refractivity (Wildman–Crippen MR) is 111 cm³/mol. The van der Waals surface area contributed by atoms with Crippen LogP contribution in [0.25, 0.3) is 0 Å². The van der Waals surface area contributed by atoms with Crippen LogP contribution >= 0.6 is 78.9 Å². The highest BCUT2D eigenvalue weighted by Crippen LogP contribution is 2.29. The molecule has 0 aliphatic heterocycles. The highest BCUT2D eigenvalue weighted by Gasteiger charge is 2.35. The van der Waals surface area contributed by atoms with Gasteiger partial charge in [-0.3, -0.25) is 4.79 Å². The Morgan fingerprint density at radius 1 is 1.08 bits per heavy atom. The van der Waals surface area contributed by atoms with Crippen LogP contribution in [0.4, 0.5) is 5.69 Å². The maximum atomic E-state index is 12.2. The summed E-state index contributed by atoms with van der Waals surface area (Å²) >= 11 is 29.4. The maximum absolute atomic E-state index is 12.2. The van der Waals surface area contributed by atoms with Gasteiger partial charge in [0.25, 0.3) is 5.91 Å². The fourth-order valence-corrected chi connectivity index (χ4v) is 2.80. The number of anilines is 1. The van der Waals surface area contributed by atoms with Crippen LogP contribution in [0.15, 0.2) is 50.0 Å². The SMILES string of the molecule is O=C(N[C@H](NC(=S)Nc1ccc(Br)cc1)C(Cl)(Cl)Cl)c1ccc(Br)o1. The van der Waals surface area contributed by atoms with Gasteiger partial charge in [-0.2, -0.15) is 0 Å². The van der Waals surface area contributed by atoms with E-state index in [9.17, 15) is 4.79 Å². The number of carbonyl (C=O) groups excluding carboxylic acids is 1. The standard InChI is InChI=1S/C14H10Br2Cl3N3O2S/c15-7-1-3-8(4-2-7)20-13(25)22-12(14(17,18)19)21-11(23)9-5-6-10(16)24-9/h1-6,12H,(H,21,23)(H2,20,22,25)/t12-/m1/s1. The molecule has 1 heterocycles. The fourth-order valence-electron chi connectivity index (χ4n) is 1.67. The van der Waals surface area contributed by atoms with Crippen LogP contribution in [-0.2, 0) is 0 Å². The summed E-state index contributed by atoms with van der Waals surface area (Å²) in [5, 5.41) is 8.37. The normalized spacial score (nSPS) is 12.4. The molecule has 0 saturated heterocycles. The quantitative estimate of drug-likeness (QED) is 0.277. The third-order valence-corrected chi connectivity index (χ3v) is 4.61. The van der Waals surface area contributed by atoms with E-state index in [-0.39, 0.29) is 10.9 Å². The van der Waals surface area contributed by atoms with Crippen LogP contribution in [0.3, 0.4) is 0 Å². The number of nitrogens with one attached hydrogen (secondary N) is 3. The van der Waals surface area contributed by atoms with Gasteiger partial charge in [0, 0.05) is 10.2 Å². The van der Waals surface area contributed by atoms with Crippen molar-refractivity contribution in [3.8, 4) is 0 Å². The molecule has 5 nitrogen and oxygen atoms in total. The molecule has 2 aromatic rings. The van der Waals surface area contributed by atoms with Crippen molar-refractivity contribution in [3.63, 3.8) is 0 Å². The van der Waals surface area contributed by atoms with Gasteiger partial charge in [-0.05, 0) is 64.5 Å². The minimum Gasteiger partial charge on any atom is -0.444 e. The molecule has 1 atom stereocenters. The number of hydrogen-bond acceptors (Lipinski definition) is 3. The molecule has 2 rings (SSSR count). The first-order chi connectivity index (χ1) is 11.6. The lowest BCUT2D eigenvalue weighted by atomic mass is 10.3. The number of alkyl halides is 3. The van der Waals surface area contributed by atoms with Gasteiger partial charge < -0.3 is 20.4 Å². The third kappa shape index (κ3) is 6.62. The summed E-state index contributed by atoms with van der Waals surface area (Å²) in [7, 11) is 0. The summed E-state index contributed by atoms with van der Waals surface area (Å²) in [6.07, 6.45) is -1.09. The molecule has 0 aliphatic rings. The van der Waals surface area contributed by atoms with Crippen LogP contribution in [0.1, 0.15) is 10.6 Å². The zero-order valence-corrected chi connectivity index (χ0v) is 18.4. The molecule has 0 fully saturated rings. The van der Waals surface area contributed by atoms with Crippen molar-refractivity contribution in [3.05, 3.63) is 51.3 Å². The number of halogens is 5. The molecule has 134 valence electrons. The lowest BCUT2D eigenvalue weighted by Gasteiger charge is -2.27. The molecule has 0 unspecified atom stereocenters. The van der Waals surface area contributed by atoms with E-state index in [2.05, 4.69) is 47.8 Å². The Labute approximate surface area is 181 Å². The van der Waals surface area contributed by atoms with Gasteiger partial charge in [-0.1, -0.05) is 50.7 Å². The first-order valence-corrected chi connectivity index (χ1v) is 9.74. The van der Waals surface area contributed by atoms with E-state index in [1.165, 1.54) is 6.07 Å². The Morgan fingerprint density at radius 2 is 1.72 bits per heavy atom. The van der Waals surface area contributed by atoms with Crippen molar-refractivity contribution in [2.75, 3.05) is 5.32 Å². The average Bonchev–Trinajstić information content (AvgIpc) is 2.94. The molecule has 1 aromatic carbocycles. The van der Waals surface area contributed by atoms with E-state index in [0.717, 1.165) is 10.2 Å². The van der Waals surface area contributed by atoms with Crippen molar-refractivity contribution < 1.29 is 9.21 Å². The molecule has 1 aromatic heterocycles. The molecular weight excluding hydrogens is 540 g/mol. The van der Waals surface area contributed by atoms with E-state index in [0.29, 0.717) is 4.67 Å². The Bertz CT molecular complexity index is 765. The largest absolute Gasteiger partial charge is 0.444 e. The summed E-state index contributed by atoms with van der Waals surface area (Å²) < 4.78 is 4.64. The van der Waals surface area contributed by atoms with Gasteiger partial charge in [0.15, 0.2) is 15.5 Å². The van der Waals surface area contributed by atoms with Crippen LogP contribution < -0.4 is 16.0 Å². The number of carbonyl (C=O) groups is 1. The molecule has 0 bridgehead atoms. The molecule has 0 spiro atoms. The maximum Gasteiger partial charge on any atom is 0.288 e. The molecule has 0 saturated carbocycles. The Morgan fingerprint density at radius 3 is 2.24 bits per heavy atom. The average molecular weight is 550 g/mol. The Hall–Kier alpha value is -0.510. The number of rotatable bonds is 4. The summed E-state index contributed by atoms with van der Waals surface area (Å²) in [6, 6.07) is 10.4. The van der Waals surface area contributed by atoms with Gasteiger partial charge in [-0.25, -0.2) is 0 Å². The van der Waals surface area contributed by atoms with Crippen LogP contribution in [0, 0.1) is 0 Å². The van der Waals surface area contributed by atoms with Crippen LogP contribution in [0.2, 0.25) is 0 Å². The number of hydrogen-bond donors (Lipinski definition) is 3. The monoisotopic (exact) mass is 547 g/mol. The smallest absolute Gasteiger partial charge is 0.288 e. The summed E-state index contributed by atoms with van der Waals surface area (Å²) in [4.78, 5) is 12.2.